The largest absolute Gasteiger partial charge is 0.454 e. The molecule has 0 radical (unpaired) electrons. The van der Waals surface area contributed by atoms with Crippen LogP contribution in [0.4, 0.5) is 0 Å². The van der Waals surface area contributed by atoms with Crippen LogP contribution in [0.15, 0.2) is 35.7 Å². The van der Waals surface area contributed by atoms with Crippen LogP contribution in [0.25, 0.3) is 0 Å². The van der Waals surface area contributed by atoms with E-state index in [9.17, 15) is 4.79 Å². The smallest absolute Gasteiger partial charge is 0.251 e. The van der Waals surface area contributed by atoms with Crippen molar-refractivity contribution in [2.45, 2.75) is 19.0 Å². The number of morpholine rings is 1. The van der Waals surface area contributed by atoms with Gasteiger partial charge in [0.2, 0.25) is 6.79 Å². The number of nitrogens with zero attached hydrogens (tertiary/aromatic N) is 1. The Morgan fingerprint density at radius 1 is 1.19 bits per heavy atom. The molecule has 2 aliphatic rings. The standard InChI is InChI=1S/C19H22N2O4S/c1-13(18(17-3-2-10-26-17)21-6-8-23-9-7-21)20-19(22)14-4-5-15-16(11-14)25-12-24-15/h2-5,10-11,13,18H,6-9,12H2,1H3,(H,20,22)/t13-,18-/m0/s1. The van der Waals surface area contributed by atoms with Crippen LogP contribution < -0.4 is 14.8 Å². The lowest BCUT2D eigenvalue weighted by Crippen LogP contribution is -2.48. The monoisotopic (exact) mass is 374 g/mol. The van der Waals surface area contributed by atoms with E-state index in [4.69, 9.17) is 14.2 Å². The summed E-state index contributed by atoms with van der Waals surface area (Å²) in [5, 5.41) is 5.24. The number of ether oxygens (including phenoxy) is 3. The lowest BCUT2D eigenvalue weighted by molar-refractivity contribution is 0.00969. The minimum Gasteiger partial charge on any atom is -0.454 e. The number of fused-ring (bicyclic) bond motifs is 1. The van der Waals surface area contributed by atoms with Gasteiger partial charge in [0, 0.05) is 29.6 Å². The summed E-state index contributed by atoms with van der Waals surface area (Å²) in [7, 11) is 0. The van der Waals surface area contributed by atoms with Crippen molar-refractivity contribution in [1.82, 2.24) is 10.2 Å². The Balaban J connectivity index is 1.50. The molecule has 3 heterocycles. The Kier molecular flexibility index (Phi) is 5.10. The molecular formula is C19H22N2O4S. The molecule has 0 spiro atoms. The van der Waals surface area contributed by atoms with E-state index in [2.05, 4.69) is 34.7 Å². The Bertz CT molecular complexity index is 759. The second-order valence-electron chi connectivity index (χ2n) is 6.44. The van der Waals surface area contributed by atoms with Crippen molar-refractivity contribution in [3.05, 3.63) is 46.2 Å². The van der Waals surface area contributed by atoms with Crippen molar-refractivity contribution in [2.24, 2.45) is 0 Å². The fourth-order valence-electron chi connectivity index (χ4n) is 3.46. The molecule has 6 nitrogen and oxygen atoms in total. The summed E-state index contributed by atoms with van der Waals surface area (Å²) in [4.78, 5) is 16.4. The summed E-state index contributed by atoms with van der Waals surface area (Å²) in [6.07, 6.45) is 0. The zero-order valence-corrected chi connectivity index (χ0v) is 15.5. The summed E-state index contributed by atoms with van der Waals surface area (Å²) in [6.45, 7) is 5.45. The lowest BCUT2D eigenvalue weighted by Gasteiger charge is -2.37. The molecule has 1 aromatic heterocycles. The number of amides is 1. The quantitative estimate of drug-likeness (QED) is 0.872. The van der Waals surface area contributed by atoms with E-state index >= 15 is 0 Å². The number of rotatable bonds is 5. The zero-order valence-electron chi connectivity index (χ0n) is 14.6. The second kappa shape index (κ2) is 7.65. The first-order valence-electron chi connectivity index (χ1n) is 8.78. The molecule has 2 aromatic rings. The molecule has 1 N–H and O–H groups in total. The molecule has 1 fully saturated rings. The first-order chi connectivity index (χ1) is 12.7. The molecular weight excluding hydrogens is 352 g/mol. The van der Waals surface area contributed by atoms with Crippen LogP contribution in [-0.2, 0) is 4.74 Å². The minimum absolute atomic E-state index is 0.0373. The highest BCUT2D eigenvalue weighted by Crippen LogP contribution is 2.33. The van der Waals surface area contributed by atoms with Crippen molar-refractivity contribution in [2.75, 3.05) is 33.1 Å². The van der Waals surface area contributed by atoms with Gasteiger partial charge in [-0.05, 0) is 36.6 Å². The third-order valence-corrected chi connectivity index (χ3v) is 5.68. The molecule has 0 aliphatic carbocycles. The summed E-state index contributed by atoms with van der Waals surface area (Å²) in [6, 6.07) is 9.57. The predicted octanol–water partition coefficient (Wildman–Crippen LogP) is 2.67. The average molecular weight is 374 g/mol. The van der Waals surface area contributed by atoms with E-state index in [1.807, 2.05) is 0 Å². The Morgan fingerprint density at radius 3 is 2.77 bits per heavy atom. The van der Waals surface area contributed by atoms with Crippen LogP contribution in [0.1, 0.15) is 28.2 Å². The predicted molar refractivity (Wildman–Crippen MR) is 98.9 cm³/mol. The van der Waals surface area contributed by atoms with Crippen LogP contribution in [0.3, 0.4) is 0 Å². The van der Waals surface area contributed by atoms with Gasteiger partial charge in [0.25, 0.3) is 5.91 Å². The van der Waals surface area contributed by atoms with Gasteiger partial charge in [-0.1, -0.05) is 6.07 Å². The topological polar surface area (TPSA) is 60.0 Å². The first-order valence-corrected chi connectivity index (χ1v) is 9.66. The van der Waals surface area contributed by atoms with Crippen molar-refractivity contribution < 1.29 is 19.0 Å². The number of carbonyl (C=O) groups is 1. The summed E-state index contributed by atoms with van der Waals surface area (Å²) >= 11 is 1.72. The van der Waals surface area contributed by atoms with Gasteiger partial charge in [0.1, 0.15) is 0 Å². The average Bonchev–Trinajstić information content (AvgIpc) is 3.34. The van der Waals surface area contributed by atoms with E-state index in [1.165, 1.54) is 4.88 Å². The number of hydrogen-bond acceptors (Lipinski definition) is 6. The summed E-state index contributed by atoms with van der Waals surface area (Å²) in [5.74, 6) is 1.19. The van der Waals surface area contributed by atoms with Gasteiger partial charge in [-0.25, -0.2) is 0 Å². The Hall–Kier alpha value is -2.09. The maximum atomic E-state index is 12.8. The van der Waals surface area contributed by atoms with E-state index in [0.29, 0.717) is 17.1 Å². The minimum atomic E-state index is -0.106. The van der Waals surface area contributed by atoms with Gasteiger partial charge >= 0.3 is 0 Å². The van der Waals surface area contributed by atoms with E-state index in [-0.39, 0.29) is 24.8 Å². The van der Waals surface area contributed by atoms with Crippen molar-refractivity contribution in [3.8, 4) is 11.5 Å². The molecule has 26 heavy (non-hydrogen) atoms. The maximum Gasteiger partial charge on any atom is 0.251 e. The highest BCUT2D eigenvalue weighted by molar-refractivity contribution is 7.10. The van der Waals surface area contributed by atoms with Gasteiger partial charge in [-0.2, -0.15) is 0 Å². The summed E-state index contributed by atoms with van der Waals surface area (Å²) in [5.41, 5.74) is 0.577. The SMILES string of the molecule is C[C@H](NC(=O)c1ccc2c(c1)OCO2)[C@@H](c1cccs1)N1CCOCC1. The van der Waals surface area contributed by atoms with E-state index in [1.54, 1.807) is 29.5 Å². The van der Waals surface area contributed by atoms with Crippen molar-refractivity contribution in [3.63, 3.8) is 0 Å². The van der Waals surface area contributed by atoms with E-state index < -0.39 is 0 Å². The third kappa shape index (κ3) is 3.56. The number of nitrogens with one attached hydrogen (secondary N) is 1. The fourth-order valence-corrected chi connectivity index (χ4v) is 4.43. The maximum absolute atomic E-state index is 12.8. The molecule has 2 atom stereocenters. The van der Waals surface area contributed by atoms with Gasteiger partial charge in [0.05, 0.1) is 19.3 Å². The van der Waals surface area contributed by atoms with Crippen molar-refractivity contribution >= 4 is 17.2 Å². The number of thiophene rings is 1. The van der Waals surface area contributed by atoms with Crippen LogP contribution in [0, 0.1) is 0 Å². The van der Waals surface area contributed by atoms with Gasteiger partial charge < -0.3 is 19.5 Å². The fraction of sp³-hybridized carbons (Fsp3) is 0.421. The van der Waals surface area contributed by atoms with Gasteiger partial charge in [0.15, 0.2) is 11.5 Å². The molecule has 138 valence electrons. The molecule has 7 heteroatoms. The molecule has 2 aliphatic heterocycles. The van der Waals surface area contributed by atoms with Crippen LogP contribution in [0.2, 0.25) is 0 Å². The number of carbonyl (C=O) groups excluding carboxylic acids is 1. The Labute approximate surface area is 156 Å². The molecule has 1 aromatic carbocycles. The van der Waals surface area contributed by atoms with Crippen LogP contribution in [0.5, 0.6) is 11.5 Å². The molecule has 4 rings (SSSR count). The van der Waals surface area contributed by atoms with Crippen LogP contribution >= 0.6 is 11.3 Å². The molecule has 1 amide bonds. The Morgan fingerprint density at radius 2 is 2.00 bits per heavy atom. The first kappa shape index (κ1) is 17.3. The number of hydrogen-bond donors (Lipinski definition) is 1. The number of benzene rings is 1. The zero-order chi connectivity index (χ0) is 17.9. The second-order valence-corrected chi connectivity index (χ2v) is 7.42. The van der Waals surface area contributed by atoms with Crippen LogP contribution in [-0.4, -0.2) is 49.9 Å². The van der Waals surface area contributed by atoms with Crippen molar-refractivity contribution in [1.29, 1.82) is 0 Å². The normalized spacial score (nSPS) is 19.1. The van der Waals surface area contributed by atoms with Gasteiger partial charge in [-0.15, -0.1) is 11.3 Å². The molecule has 1 saturated heterocycles. The molecule has 0 bridgehead atoms. The third-order valence-electron chi connectivity index (χ3n) is 4.74. The van der Waals surface area contributed by atoms with E-state index in [0.717, 1.165) is 26.3 Å². The molecule has 0 unspecified atom stereocenters. The molecule has 0 saturated carbocycles. The highest BCUT2D eigenvalue weighted by atomic mass is 32.1. The summed E-state index contributed by atoms with van der Waals surface area (Å²) < 4.78 is 16.2. The van der Waals surface area contributed by atoms with Gasteiger partial charge in [-0.3, -0.25) is 9.69 Å². The highest BCUT2D eigenvalue weighted by Gasteiger charge is 2.30. The lowest BCUT2D eigenvalue weighted by atomic mass is 10.0.